The molecule has 0 amide bonds. The topological polar surface area (TPSA) is 78.0 Å². The Kier molecular flexibility index (Phi) is 4.75. The zero-order valence-corrected chi connectivity index (χ0v) is 13.1. The van der Waals surface area contributed by atoms with Crippen molar-refractivity contribution < 1.29 is 9.26 Å². The zero-order chi connectivity index (χ0) is 14.1. The molecule has 2 aromatic rings. The molecule has 7 nitrogen and oxygen atoms in total. The molecule has 2 unspecified atom stereocenters. The molecule has 4 heterocycles. The molecule has 0 aliphatic carbocycles. The average molecular weight is 326 g/mol. The van der Waals surface area contributed by atoms with Gasteiger partial charge in [-0.25, -0.2) is 0 Å². The molecule has 4 rings (SSSR count). The average Bonchev–Trinajstić information content (AvgIpc) is 3.27. The third-order valence-corrected chi connectivity index (χ3v) is 4.13. The highest BCUT2D eigenvalue weighted by atomic mass is 35.5. The van der Waals surface area contributed by atoms with E-state index < -0.39 is 0 Å². The zero-order valence-electron chi connectivity index (χ0n) is 12.3. The number of hydrogen-bond donors (Lipinski definition) is 1. The summed E-state index contributed by atoms with van der Waals surface area (Å²) >= 11 is 0. The van der Waals surface area contributed by atoms with E-state index in [9.17, 15) is 0 Å². The van der Waals surface area contributed by atoms with E-state index in [1.165, 1.54) is 6.42 Å². The summed E-state index contributed by atoms with van der Waals surface area (Å²) in [6.45, 7) is 2.84. The molecule has 1 N–H and O–H groups in total. The molecule has 0 radical (unpaired) electrons. The van der Waals surface area contributed by atoms with Crippen LogP contribution in [0.15, 0.2) is 16.8 Å². The van der Waals surface area contributed by atoms with Gasteiger partial charge in [-0.3, -0.25) is 4.68 Å². The molecule has 8 heteroatoms. The smallest absolute Gasteiger partial charge is 0.278 e. The third kappa shape index (κ3) is 3.02. The van der Waals surface area contributed by atoms with E-state index in [1.54, 1.807) is 0 Å². The first-order chi connectivity index (χ1) is 10.4. The van der Waals surface area contributed by atoms with Gasteiger partial charge < -0.3 is 14.6 Å². The molecule has 22 heavy (non-hydrogen) atoms. The Hall–Kier alpha value is -1.44. The van der Waals surface area contributed by atoms with Crippen LogP contribution in [-0.4, -0.2) is 39.6 Å². The maximum absolute atomic E-state index is 5.57. The van der Waals surface area contributed by atoms with Crippen LogP contribution in [0, 0.1) is 0 Å². The van der Waals surface area contributed by atoms with Crippen molar-refractivity contribution in [1.82, 2.24) is 25.2 Å². The summed E-state index contributed by atoms with van der Waals surface area (Å²) in [7, 11) is 0. The largest absolute Gasteiger partial charge is 0.370 e. The van der Waals surface area contributed by atoms with E-state index in [0.717, 1.165) is 44.7 Å². The van der Waals surface area contributed by atoms with E-state index in [2.05, 4.69) is 20.6 Å². The lowest BCUT2D eigenvalue weighted by Crippen LogP contribution is -2.31. The Morgan fingerprint density at radius 3 is 3.00 bits per heavy atom. The predicted molar refractivity (Wildman–Crippen MR) is 81.8 cm³/mol. The van der Waals surface area contributed by atoms with Crippen molar-refractivity contribution in [3.8, 4) is 11.6 Å². The molecule has 2 aliphatic rings. The fourth-order valence-corrected chi connectivity index (χ4v) is 2.97. The molecule has 0 aromatic carbocycles. The molecule has 2 atom stereocenters. The van der Waals surface area contributed by atoms with E-state index in [-0.39, 0.29) is 18.5 Å². The van der Waals surface area contributed by atoms with Gasteiger partial charge >= 0.3 is 0 Å². The minimum absolute atomic E-state index is 0. The predicted octanol–water partition coefficient (Wildman–Crippen LogP) is 2.13. The van der Waals surface area contributed by atoms with E-state index in [4.69, 9.17) is 9.26 Å². The van der Waals surface area contributed by atoms with Crippen LogP contribution < -0.4 is 5.32 Å². The minimum Gasteiger partial charge on any atom is -0.370 e. The first kappa shape index (κ1) is 15.5. The van der Waals surface area contributed by atoms with E-state index in [0.29, 0.717) is 17.8 Å². The maximum atomic E-state index is 5.57. The first-order valence-electron chi connectivity index (χ1n) is 7.61. The van der Waals surface area contributed by atoms with Gasteiger partial charge in [-0.15, -0.1) is 12.4 Å². The van der Waals surface area contributed by atoms with E-state index >= 15 is 0 Å². The molecule has 0 saturated carbocycles. The summed E-state index contributed by atoms with van der Waals surface area (Å²) in [5.74, 6) is 1.11. The highest BCUT2D eigenvalue weighted by Gasteiger charge is 2.24. The van der Waals surface area contributed by atoms with Gasteiger partial charge in [-0.2, -0.15) is 10.1 Å². The number of rotatable bonds is 3. The molecule has 0 spiro atoms. The number of halogens is 1. The summed E-state index contributed by atoms with van der Waals surface area (Å²) < 4.78 is 12.9. The molecule has 2 aliphatic heterocycles. The fraction of sp³-hybridized carbons (Fsp3) is 0.643. The van der Waals surface area contributed by atoms with Crippen LogP contribution in [0.2, 0.25) is 0 Å². The Labute approximate surface area is 134 Å². The lowest BCUT2D eigenvalue weighted by atomic mass is 10.1. The lowest BCUT2D eigenvalue weighted by molar-refractivity contribution is 0.103. The van der Waals surface area contributed by atoms with Crippen molar-refractivity contribution in [1.29, 1.82) is 0 Å². The lowest BCUT2D eigenvalue weighted by Gasteiger charge is -2.22. The number of aromatic nitrogens is 4. The molecular formula is C14H20ClN5O2. The third-order valence-electron chi connectivity index (χ3n) is 4.13. The number of nitrogens with zero attached hydrogens (tertiary/aromatic N) is 4. The highest BCUT2D eigenvalue weighted by Crippen LogP contribution is 2.28. The fourth-order valence-electron chi connectivity index (χ4n) is 2.97. The Morgan fingerprint density at radius 1 is 1.27 bits per heavy atom. The number of hydrogen-bond acceptors (Lipinski definition) is 6. The van der Waals surface area contributed by atoms with Crippen molar-refractivity contribution in [3.05, 3.63) is 18.1 Å². The maximum Gasteiger partial charge on any atom is 0.278 e. The quantitative estimate of drug-likeness (QED) is 0.931. The molecule has 120 valence electrons. The van der Waals surface area contributed by atoms with Gasteiger partial charge in [0.15, 0.2) is 5.69 Å². The SMILES string of the molecule is Cl.c1cn(C2CCCNC2)nc1-c1nc(C2CCCO2)no1. The van der Waals surface area contributed by atoms with Crippen molar-refractivity contribution in [3.63, 3.8) is 0 Å². The minimum atomic E-state index is -0.0212. The molecule has 0 bridgehead atoms. The van der Waals surface area contributed by atoms with Crippen molar-refractivity contribution in [2.45, 2.75) is 37.8 Å². The van der Waals surface area contributed by atoms with Gasteiger partial charge in [0.25, 0.3) is 5.89 Å². The summed E-state index contributed by atoms with van der Waals surface area (Å²) in [6, 6.07) is 2.34. The summed E-state index contributed by atoms with van der Waals surface area (Å²) in [5, 5.41) is 12.0. The van der Waals surface area contributed by atoms with Crippen molar-refractivity contribution in [2.24, 2.45) is 0 Å². The number of piperidine rings is 1. The standard InChI is InChI=1S/C14H19N5O2.ClH/c1-3-10(9-15-6-1)19-7-5-11(17-19)14-16-13(18-21-14)12-4-2-8-20-12;/h5,7,10,12,15H,1-4,6,8-9H2;1H. The van der Waals surface area contributed by atoms with Crippen LogP contribution in [-0.2, 0) is 4.74 Å². The van der Waals surface area contributed by atoms with Crippen LogP contribution in [0.3, 0.4) is 0 Å². The molecule has 2 aromatic heterocycles. The van der Waals surface area contributed by atoms with Crippen LogP contribution in [0.25, 0.3) is 11.6 Å². The second-order valence-corrected chi connectivity index (χ2v) is 5.64. The Morgan fingerprint density at radius 2 is 2.23 bits per heavy atom. The van der Waals surface area contributed by atoms with Crippen molar-refractivity contribution in [2.75, 3.05) is 19.7 Å². The van der Waals surface area contributed by atoms with Crippen molar-refractivity contribution >= 4 is 12.4 Å². The van der Waals surface area contributed by atoms with Gasteiger partial charge in [-0.05, 0) is 38.3 Å². The van der Waals surface area contributed by atoms with Gasteiger partial charge in [0.2, 0.25) is 5.82 Å². The second kappa shape index (κ2) is 6.76. The van der Waals surface area contributed by atoms with Gasteiger partial charge in [0.1, 0.15) is 6.10 Å². The van der Waals surface area contributed by atoms with Crippen LogP contribution in [0.5, 0.6) is 0 Å². The van der Waals surface area contributed by atoms with Gasteiger partial charge in [0.05, 0.1) is 6.04 Å². The Bertz CT molecular complexity index is 602. The first-order valence-corrected chi connectivity index (χ1v) is 7.61. The summed E-state index contributed by atoms with van der Waals surface area (Å²) in [5.41, 5.74) is 0.734. The second-order valence-electron chi connectivity index (χ2n) is 5.64. The van der Waals surface area contributed by atoms with Gasteiger partial charge in [-0.1, -0.05) is 5.16 Å². The Balaban J connectivity index is 0.00000144. The number of ether oxygens (including phenoxy) is 1. The van der Waals surface area contributed by atoms with Crippen LogP contribution >= 0.6 is 12.4 Å². The molecule has 2 fully saturated rings. The van der Waals surface area contributed by atoms with Crippen LogP contribution in [0.1, 0.15) is 43.7 Å². The molecular weight excluding hydrogens is 306 g/mol. The van der Waals surface area contributed by atoms with E-state index in [1.807, 2.05) is 16.9 Å². The number of nitrogens with one attached hydrogen (secondary N) is 1. The summed E-state index contributed by atoms with van der Waals surface area (Å²) in [4.78, 5) is 4.43. The normalized spacial score (nSPS) is 25.1. The van der Waals surface area contributed by atoms with Gasteiger partial charge in [0, 0.05) is 19.3 Å². The summed E-state index contributed by atoms with van der Waals surface area (Å²) in [6.07, 6.45) is 6.32. The monoisotopic (exact) mass is 325 g/mol. The highest BCUT2D eigenvalue weighted by molar-refractivity contribution is 5.85. The van der Waals surface area contributed by atoms with Crippen LogP contribution in [0.4, 0.5) is 0 Å². The molecule has 2 saturated heterocycles.